The van der Waals surface area contributed by atoms with Crippen molar-refractivity contribution in [3.8, 4) is 0 Å². The lowest BCUT2D eigenvalue weighted by atomic mass is 9.95. The molecule has 5 nitrogen and oxygen atoms in total. The molecule has 2 aliphatic heterocycles. The molecule has 5 heteroatoms. The van der Waals surface area contributed by atoms with Crippen molar-refractivity contribution in [1.29, 1.82) is 0 Å². The lowest BCUT2D eigenvalue weighted by molar-refractivity contribution is -0.157. The predicted octanol–water partition coefficient (Wildman–Crippen LogP) is 1.76. The van der Waals surface area contributed by atoms with Gasteiger partial charge in [-0.3, -0.25) is 14.5 Å². The maximum Gasteiger partial charge on any atom is 0.248 e. The summed E-state index contributed by atoms with van der Waals surface area (Å²) in [6, 6.07) is 14.4. The van der Waals surface area contributed by atoms with Crippen LogP contribution in [0.2, 0.25) is 0 Å². The van der Waals surface area contributed by atoms with Crippen LogP contribution in [0.4, 0.5) is 0 Å². The second-order valence-electron chi connectivity index (χ2n) is 7.55. The van der Waals surface area contributed by atoms with Crippen molar-refractivity contribution in [1.82, 2.24) is 15.1 Å². The minimum Gasteiger partial charge on any atom is -0.340 e. The van der Waals surface area contributed by atoms with Crippen LogP contribution in [0.3, 0.4) is 0 Å². The smallest absolute Gasteiger partial charge is 0.248 e. The Morgan fingerprint density at radius 3 is 2.64 bits per heavy atom. The molecule has 2 aliphatic rings. The molecule has 2 aromatic carbocycles. The van der Waals surface area contributed by atoms with E-state index < -0.39 is 5.54 Å². The third kappa shape index (κ3) is 2.89. The molecular weight excluding hydrogens is 314 g/mol. The van der Waals surface area contributed by atoms with E-state index in [1.54, 1.807) is 18.7 Å². The summed E-state index contributed by atoms with van der Waals surface area (Å²) < 4.78 is 0. The Kier molecular flexibility index (Phi) is 3.76. The number of carbonyl (C=O) groups excluding carboxylic acids is 2. The molecule has 2 aromatic rings. The van der Waals surface area contributed by atoms with Crippen LogP contribution in [0.1, 0.15) is 19.4 Å². The number of rotatable bonds is 2. The van der Waals surface area contributed by atoms with E-state index in [0.29, 0.717) is 13.1 Å². The van der Waals surface area contributed by atoms with Gasteiger partial charge in [0.2, 0.25) is 11.8 Å². The van der Waals surface area contributed by atoms with E-state index in [2.05, 4.69) is 40.5 Å². The largest absolute Gasteiger partial charge is 0.340 e. The molecule has 0 spiro atoms. The van der Waals surface area contributed by atoms with E-state index in [1.807, 2.05) is 12.1 Å². The summed E-state index contributed by atoms with van der Waals surface area (Å²) >= 11 is 0. The topological polar surface area (TPSA) is 52.7 Å². The number of nitrogens with zero attached hydrogens (tertiary/aromatic N) is 2. The van der Waals surface area contributed by atoms with E-state index in [1.165, 1.54) is 16.3 Å². The molecule has 0 aromatic heterocycles. The van der Waals surface area contributed by atoms with Gasteiger partial charge in [-0.2, -0.15) is 0 Å². The van der Waals surface area contributed by atoms with Gasteiger partial charge >= 0.3 is 0 Å². The molecule has 2 saturated heterocycles. The maximum absolute atomic E-state index is 12.5. The molecule has 1 unspecified atom stereocenters. The summed E-state index contributed by atoms with van der Waals surface area (Å²) in [6.07, 6.45) is 0. The van der Waals surface area contributed by atoms with Gasteiger partial charge in [-0.25, -0.2) is 0 Å². The van der Waals surface area contributed by atoms with Crippen molar-refractivity contribution < 1.29 is 9.59 Å². The highest BCUT2D eigenvalue weighted by atomic mass is 16.2. The monoisotopic (exact) mass is 337 g/mol. The Balaban J connectivity index is 1.50. The third-order valence-corrected chi connectivity index (χ3v) is 5.22. The Bertz CT molecular complexity index is 846. The van der Waals surface area contributed by atoms with Crippen LogP contribution in [-0.2, 0) is 16.1 Å². The highest BCUT2D eigenvalue weighted by molar-refractivity contribution is 5.99. The van der Waals surface area contributed by atoms with Gasteiger partial charge in [-0.05, 0) is 36.2 Å². The summed E-state index contributed by atoms with van der Waals surface area (Å²) in [5.41, 5.74) is 0.434. The molecule has 4 rings (SSSR count). The number of benzene rings is 2. The minimum atomic E-state index is -0.798. The molecule has 0 saturated carbocycles. The van der Waals surface area contributed by atoms with E-state index in [0.717, 1.165) is 13.1 Å². The van der Waals surface area contributed by atoms with Gasteiger partial charge in [0.1, 0.15) is 11.6 Å². The summed E-state index contributed by atoms with van der Waals surface area (Å²) in [6.45, 7) is 6.31. The van der Waals surface area contributed by atoms with Gasteiger partial charge in [0.15, 0.2) is 0 Å². The van der Waals surface area contributed by atoms with Gasteiger partial charge in [0.05, 0.1) is 0 Å². The molecule has 0 aliphatic carbocycles. The van der Waals surface area contributed by atoms with Crippen LogP contribution in [-0.4, -0.2) is 52.8 Å². The molecule has 2 fully saturated rings. The average molecular weight is 337 g/mol. The SMILES string of the molecule is CC1(C)NC(=O)C2CN(Cc3ccc4ccccc4c3)CCN2C1=O. The van der Waals surface area contributed by atoms with Gasteiger partial charge in [0.25, 0.3) is 0 Å². The Labute approximate surface area is 147 Å². The second-order valence-corrected chi connectivity index (χ2v) is 7.55. The van der Waals surface area contributed by atoms with Crippen molar-refractivity contribution in [2.24, 2.45) is 0 Å². The fourth-order valence-corrected chi connectivity index (χ4v) is 3.85. The Morgan fingerprint density at radius 1 is 1.08 bits per heavy atom. The molecule has 2 heterocycles. The summed E-state index contributed by atoms with van der Waals surface area (Å²) in [5.74, 6) is -0.0322. The van der Waals surface area contributed by atoms with Gasteiger partial charge in [0, 0.05) is 26.2 Å². The van der Waals surface area contributed by atoms with E-state index in [-0.39, 0.29) is 17.9 Å². The first-order valence-electron chi connectivity index (χ1n) is 8.77. The maximum atomic E-state index is 12.5. The zero-order valence-electron chi connectivity index (χ0n) is 14.7. The number of carbonyl (C=O) groups is 2. The van der Waals surface area contributed by atoms with Crippen molar-refractivity contribution in [2.45, 2.75) is 32.0 Å². The second kappa shape index (κ2) is 5.85. The first kappa shape index (κ1) is 16.1. The standard InChI is InChI=1S/C20H23N3O2/c1-20(2)19(25)23-10-9-22(13-17(23)18(24)21-20)12-14-7-8-15-5-3-4-6-16(15)11-14/h3-8,11,17H,9-10,12-13H2,1-2H3,(H,21,24). The van der Waals surface area contributed by atoms with Crippen molar-refractivity contribution in [3.05, 3.63) is 48.0 Å². The van der Waals surface area contributed by atoms with Crippen LogP contribution in [0.5, 0.6) is 0 Å². The quantitative estimate of drug-likeness (QED) is 0.909. The van der Waals surface area contributed by atoms with E-state index in [4.69, 9.17) is 0 Å². The Hall–Kier alpha value is -2.40. The molecule has 2 amide bonds. The number of nitrogens with one attached hydrogen (secondary N) is 1. The van der Waals surface area contributed by atoms with Crippen LogP contribution < -0.4 is 5.32 Å². The summed E-state index contributed by atoms with van der Waals surface area (Å²) in [7, 11) is 0. The lowest BCUT2D eigenvalue weighted by Crippen LogP contribution is -2.72. The number of amides is 2. The molecule has 25 heavy (non-hydrogen) atoms. The molecule has 1 atom stereocenters. The van der Waals surface area contributed by atoms with Crippen molar-refractivity contribution in [2.75, 3.05) is 19.6 Å². The fourth-order valence-electron chi connectivity index (χ4n) is 3.85. The van der Waals surface area contributed by atoms with Gasteiger partial charge in [-0.1, -0.05) is 36.4 Å². The van der Waals surface area contributed by atoms with Crippen molar-refractivity contribution in [3.63, 3.8) is 0 Å². The average Bonchev–Trinajstić information content (AvgIpc) is 2.59. The third-order valence-electron chi connectivity index (χ3n) is 5.22. The first-order valence-corrected chi connectivity index (χ1v) is 8.77. The first-order chi connectivity index (χ1) is 11.9. The lowest BCUT2D eigenvalue weighted by Gasteiger charge is -2.47. The highest BCUT2D eigenvalue weighted by Crippen LogP contribution is 2.23. The van der Waals surface area contributed by atoms with Crippen LogP contribution in [0.25, 0.3) is 10.8 Å². The minimum absolute atomic E-state index is 0.0162. The Morgan fingerprint density at radius 2 is 1.84 bits per heavy atom. The van der Waals surface area contributed by atoms with E-state index >= 15 is 0 Å². The molecule has 0 radical (unpaired) electrons. The normalized spacial score (nSPS) is 23.4. The van der Waals surface area contributed by atoms with Gasteiger partial charge < -0.3 is 10.2 Å². The molecular formula is C20H23N3O2. The molecule has 130 valence electrons. The van der Waals surface area contributed by atoms with Crippen LogP contribution >= 0.6 is 0 Å². The number of piperazine rings is 2. The van der Waals surface area contributed by atoms with E-state index in [9.17, 15) is 9.59 Å². The summed E-state index contributed by atoms with van der Waals surface area (Å²) in [5, 5.41) is 5.32. The highest BCUT2D eigenvalue weighted by Gasteiger charge is 2.47. The molecule has 0 bridgehead atoms. The van der Waals surface area contributed by atoms with Crippen molar-refractivity contribution >= 4 is 22.6 Å². The zero-order chi connectivity index (χ0) is 17.6. The van der Waals surface area contributed by atoms with Crippen LogP contribution in [0, 0.1) is 0 Å². The van der Waals surface area contributed by atoms with Crippen LogP contribution in [0.15, 0.2) is 42.5 Å². The number of fused-ring (bicyclic) bond motifs is 2. The van der Waals surface area contributed by atoms with Gasteiger partial charge in [-0.15, -0.1) is 0 Å². The summed E-state index contributed by atoms with van der Waals surface area (Å²) in [4.78, 5) is 29.0. The number of hydrogen-bond donors (Lipinski definition) is 1. The fraction of sp³-hybridized carbons (Fsp3) is 0.400. The molecule has 1 N–H and O–H groups in total. The zero-order valence-corrected chi connectivity index (χ0v) is 14.7. The predicted molar refractivity (Wildman–Crippen MR) is 96.9 cm³/mol. The number of hydrogen-bond acceptors (Lipinski definition) is 3.